The van der Waals surface area contributed by atoms with Gasteiger partial charge >= 0.3 is 0 Å². The number of thioether (sulfide) groups is 1. The predicted octanol–water partition coefficient (Wildman–Crippen LogP) is 2.48. The lowest BCUT2D eigenvalue weighted by Crippen LogP contribution is -2.35. The monoisotopic (exact) mass is 334 g/mol. The van der Waals surface area contributed by atoms with Crippen LogP contribution in [0, 0.1) is 5.92 Å². The number of amides is 1. The fourth-order valence-electron chi connectivity index (χ4n) is 2.08. The molecule has 0 aliphatic carbocycles. The van der Waals surface area contributed by atoms with E-state index in [0.29, 0.717) is 5.16 Å². The Bertz CT molecular complexity index is 670. The largest absolute Gasteiger partial charge is 0.497 e. The van der Waals surface area contributed by atoms with Crippen LogP contribution < -0.4 is 4.74 Å². The second-order valence-electron chi connectivity index (χ2n) is 5.70. The quantitative estimate of drug-likeness (QED) is 0.760. The van der Waals surface area contributed by atoms with Gasteiger partial charge in [-0.1, -0.05) is 31.7 Å². The van der Waals surface area contributed by atoms with Crippen LogP contribution >= 0.6 is 11.8 Å². The molecule has 6 nitrogen and oxygen atoms in total. The van der Waals surface area contributed by atoms with Gasteiger partial charge in [0.25, 0.3) is 0 Å². The maximum absolute atomic E-state index is 12.4. The molecule has 1 heterocycles. The van der Waals surface area contributed by atoms with Gasteiger partial charge in [0.15, 0.2) is 5.16 Å². The Morgan fingerprint density at radius 3 is 2.70 bits per heavy atom. The number of nitrogens with zero attached hydrogens (tertiary/aromatic N) is 4. The molecule has 0 bridgehead atoms. The molecule has 0 N–H and O–H groups in total. The summed E-state index contributed by atoms with van der Waals surface area (Å²) in [5.74, 6) is 1.02. The van der Waals surface area contributed by atoms with Crippen molar-refractivity contribution in [1.82, 2.24) is 19.7 Å². The molecule has 7 heteroatoms. The summed E-state index contributed by atoms with van der Waals surface area (Å²) < 4.78 is 7.13. The molecule has 1 amide bonds. The Morgan fingerprint density at radius 1 is 1.35 bits per heavy atom. The first-order valence-electron chi connectivity index (χ1n) is 7.36. The van der Waals surface area contributed by atoms with Crippen LogP contribution in [0.3, 0.4) is 0 Å². The van der Waals surface area contributed by atoms with E-state index >= 15 is 0 Å². The van der Waals surface area contributed by atoms with Gasteiger partial charge < -0.3 is 9.64 Å². The van der Waals surface area contributed by atoms with Crippen molar-refractivity contribution < 1.29 is 9.53 Å². The number of hydrogen-bond donors (Lipinski definition) is 0. The fourth-order valence-corrected chi connectivity index (χ4v) is 3.25. The van der Waals surface area contributed by atoms with Crippen LogP contribution in [-0.4, -0.2) is 52.0 Å². The van der Waals surface area contributed by atoms with E-state index in [1.807, 2.05) is 42.7 Å². The molecule has 0 radical (unpaired) electrons. The molecule has 0 aliphatic heterocycles. The molecule has 1 aromatic carbocycles. The molecule has 0 unspecified atom stereocenters. The number of benzene rings is 1. The zero-order valence-corrected chi connectivity index (χ0v) is 14.9. The highest BCUT2D eigenvalue weighted by molar-refractivity contribution is 8.00. The third-order valence-corrected chi connectivity index (χ3v) is 4.86. The van der Waals surface area contributed by atoms with Crippen molar-refractivity contribution in [3.8, 4) is 11.4 Å². The Morgan fingerprint density at radius 2 is 2.09 bits per heavy atom. The van der Waals surface area contributed by atoms with Crippen LogP contribution in [0.25, 0.3) is 5.69 Å². The topological polar surface area (TPSA) is 60.2 Å². The molecule has 2 rings (SSSR count). The zero-order chi connectivity index (χ0) is 17.0. The lowest BCUT2D eigenvalue weighted by atomic mass is 10.1. The molecular weight excluding hydrogens is 312 g/mol. The smallest absolute Gasteiger partial charge is 0.235 e. The molecule has 0 saturated heterocycles. The predicted molar refractivity (Wildman–Crippen MR) is 91.1 cm³/mol. The molecule has 124 valence electrons. The lowest BCUT2D eigenvalue weighted by Gasteiger charge is -2.22. The Kier molecular flexibility index (Phi) is 5.65. The highest BCUT2D eigenvalue weighted by Gasteiger charge is 2.27. The minimum absolute atomic E-state index is 0.0743. The Labute approximate surface area is 140 Å². The number of methoxy groups -OCH3 is 1. The zero-order valence-electron chi connectivity index (χ0n) is 14.1. The molecule has 0 aliphatic rings. The van der Waals surface area contributed by atoms with E-state index in [9.17, 15) is 4.79 Å². The number of hydrogen-bond acceptors (Lipinski definition) is 5. The first kappa shape index (κ1) is 17.3. The third kappa shape index (κ3) is 4.04. The minimum atomic E-state index is -0.210. The van der Waals surface area contributed by atoms with Crippen molar-refractivity contribution in [2.45, 2.75) is 24.3 Å². The van der Waals surface area contributed by atoms with Crippen molar-refractivity contribution in [1.29, 1.82) is 0 Å². The molecule has 1 aromatic heterocycles. The molecule has 0 saturated carbocycles. The SMILES string of the molecule is COc1cccc(-n2cnnc2S[C@H](C(=O)N(C)C)C(C)C)c1. The maximum Gasteiger partial charge on any atom is 0.235 e. The van der Waals surface area contributed by atoms with Crippen LogP contribution in [0.4, 0.5) is 0 Å². The third-order valence-electron chi connectivity index (χ3n) is 3.37. The van der Waals surface area contributed by atoms with Gasteiger partial charge in [-0.3, -0.25) is 9.36 Å². The van der Waals surface area contributed by atoms with Gasteiger partial charge in [-0.2, -0.15) is 0 Å². The second-order valence-corrected chi connectivity index (χ2v) is 6.81. The summed E-state index contributed by atoms with van der Waals surface area (Å²) in [6, 6.07) is 7.65. The van der Waals surface area contributed by atoms with Crippen molar-refractivity contribution in [2.24, 2.45) is 5.92 Å². The van der Waals surface area contributed by atoms with E-state index in [4.69, 9.17) is 4.74 Å². The van der Waals surface area contributed by atoms with Crippen LogP contribution in [0.1, 0.15) is 13.8 Å². The van der Waals surface area contributed by atoms with Crippen LogP contribution in [-0.2, 0) is 4.79 Å². The second kappa shape index (κ2) is 7.50. The summed E-state index contributed by atoms with van der Waals surface area (Å²) in [5, 5.41) is 8.65. The summed E-state index contributed by atoms with van der Waals surface area (Å²) in [6.45, 7) is 4.07. The molecule has 23 heavy (non-hydrogen) atoms. The van der Waals surface area contributed by atoms with E-state index in [-0.39, 0.29) is 17.1 Å². The van der Waals surface area contributed by atoms with Gasteiger partial charge in [0.05, 0.1) is 18.0 Å². The summed E-state index contributed by atoms with van der Waals surface area (Å²) in [7, 11) is 5.17. The Hall–Kier alpha value is -2.02. The highest BCUT2D eigenvalue weighted by atomic mass is 32.2. The highest BCUT2D eigenvalue weighted by Crippen LogP contribution is 2.30. The van der Waals surface area contributed by atoms with Crippen molar-refractivity contribution in [3.05, 3.63) is 30.6 Å². The summed E-state index contributed by atoms with van der Waals surface area (Å²) >= 11 is 1.43. The first-order chi connectivity index (χ1) is 10.9. The van der Waals surface area contributed by atoms with Gasteiger partial charge in [0, 0.05) is 20.2 Å². The van der Waals surface area contributed by atoms with Gasteiger partial charge in [-0.15, -0.1) is 10.2 Å². The lowest BCUT2D eigenvalue weighted by molar-refractivity contribution is -0.128. The number of carbonyl (C=O) groups is 1. The average Bonchev–Trinajstić information content (AvgIpc) is 2.99. The van der Waals surface area contributed by atoms with E-state index < -0.39 is 0 Å². The normalized spacial score (nSPS) is 12.3. The molecule has 0 fully saturated rings. The number of carbonyl (C=O) groups excluding carboxylic acids is 1. The molecule has 0 spiro atoms. The van der Waals surface area contributed by atoms with E-state index in [0.717, 1.165) is 11.4 Å². The van der Waals surface area contributed by atoms with E-state index in [1.54, 1.807) is 32.4 Å². The summed E-state index contributed by atoms with van der Waals surface area (Å²) in [6.07, 6.45) is 1.65. The van der Waals surface area contributed by atoms with Crippen molar-refractivity contribution in [2.75, 3.05) is 21.2 Å². The van der Waals surface area contributed by atoms with Gasteiger partial charge in [0.1, 0.15) is 12.1 Å². The fraction of sp³-hybridized carbons (Fsp3) is 0.438. The molecule has 1 atom stereocenters. The van der Waals surface area contributed by atoms with Crippen molar-refractivity contribution >= 4 is 17.7 Å². The average molecular weight is 334 g/mol. The standard InChI is InChI=1S/C16H22N4O2S/c1-11(2)14(15(21)19(3)4)23-16-18-17-10-20(16)12-7-6-8-13(9-12)22-5/h6-11,14H,1-5H3/t14-/m0/s1. The maximum atomic E-state index is 12.4. The van der Waals surface area contributed by atoms with Crippen molar-refractivity contribution in [3.63, 3.8) is 0 Å². The first-order valence-corrected chi connectivity index (χ1v) is 8.24. The molecular formula is C16H22N4O2S. The van der Waals surface area contributed by atoms with Gasteiger partial charge in [-0.05, 0) is 18.1 Å². The van der Waals surface area contributed by atoms with Crippen LogP contribution in [0.2, 0.25) is 0 Å². The van der Waals surface area contributed by atoms with Gasteiger partial charge in [0.2, 0.25) is 5.91 Å². The van der Waals surface area contributed by atoms with Crippen LogP contribution in [0.15, 0.2) is 35.7 Å². The number of ether oxygens (including phenoxy) is 1. The van der Waals surface area contributed by atoms with Crippen LogP contribution in [0.5, 0.6) is 5.75 Å². The Balaban J connectivity index is 2.31. The van der Waals surface area contributed by atoms with E-state index in [1.165, 1.54) is 11.8 Å². The molecule has 2 aromatic rings. The van der Waals surface area contributed by atoms with E-state index in [2.05, 4.69) is 10.2 Å². The minimum Gasteiger partial charge on any atom is -0.497 e. The summed E-state index contributed by atoms with van der Waals surface area (Å²) in [5.41, 5.74) is 0.900. The van der Waals surface area contributed by atoms with Gasteiger partial charge in [-0.25, -0.2) is 0 Å². The number of rotatable bonds is 6. The number of aromatic nitrogens is 3. The summed E-state index contributed by atoms with van der Waals surface area (Å²) in [4.78, 5) is 14.0.